The molecule has 1 aliphatic rings. The minimum atomic E-state index is 0.0764. The lowest BCUT2D eigenvalue weighted by atomic mass is 10.1. The predicted molar refractivity (Wildman–Crippen MR) is 50.9 cm³/mol. The Labute approximate surface area is 74.8 Å². The van der Waals surface area contributed by atoms with Gasteiger partial charge in [0.25, 0.3) is 0 Å². The summed E-state index contributed by atoms with van der Waals surface area (Å²) >= 11 is 0. The molecule has 70 valence electrons. The van der Waals surface area contributed by atoms with Gasteiger partial charge >= 0.3 is 0 Å². The predicted octanol–water partition coefficient (Wildman–Crippen LogP) is 1.70. The highest BCUT2D eigenvalue weighted by Gasteiger charge is 2.34. The van der Waals surface area contributed by atoms with Gasteiger partial charge < -0.3 is 10.5 Å². The molecule has 0 bridgehead atoms. The highest BCUT2D eigenvalue weighted by molar-refractivity contribution is 5.05. The van der Waals surface area contributed by atoms with Gasteiger partial charge in [-0.1, -0.05) is 11.6 Å². The van der Waals surface area contributed by atoms with Crippen molar-refractivity contribution in [1.29, 1.82) is 0 Å². The normalized spacial score (nSPS) is 21.7. The van der Waals surface area contributed by atoms with Crippen LogP contribution >= 0.6 is 0 Å². The van der Waals surface area contributed by atoms with Gasteiger partial charge in [0.15, 0.2) is 0 Å². The maximum absolute atomic E-state index is 5.97. The van der Waals surface area contributed by atoms with Gasteiger partial charge in [-0.25, -0.2) is 0 Å². The van der Waals surface area contributed by atoms with Crippen molar-refractivity contribution >= 4 is 0 Å². The van der Waals surface area contributed by atoms with E-state index in [4.69, 9.17) is 10.5 Å². The number of hydrogen-bond donors (Lipinski definition) is 1. The molecule has 0 aromatic heterocycles. The second-order valence-electron chi connectivity index (χ2n) is 3.86. The van der Waals surface area contributed by atoms with E-state index in [1.54, 1.807) is 7.11 Å². The Balaban J connectivity index is 2.46. The Hall–Kier alpha value is -0.340. The molecule has 2 nitrogen and oxygen atoms in total. The Kier molecular flexibility index (Phi) is 3.29. The standard InChI is InChI=1S/C10H19NO/c1-7(2)6-9(11)10(12-3)8-4-5-8/h6,8-10H,4-5,11H2,1-3H3. The van der Waals surface area contributed by atoms with Crippen molar-refractivity contribution in [2.45, 2.75) is 38.8 Å². The molecule has 2 unspecified atom stereocenters. The van der Waals surface area contributed by atoms with Crippen molar-refractivity contribution < 1.29 is 4.74 Å². The van der Waals surface area contributed by atoms with Gasteiger partial charge in [0.2, 0.25) is 0 Å². The van der Waals surface area contributed by atoms with E-state index in [1.807, 2.05) is 0 Å². The summed E-state index contributed by atoms with van der Waals surface area (Å²) < 4.78 is 5.37. The molecule has 1 fully saturated rings. The quantitative estimate of drug-likeness (QED) is 0.650. The molecule has 0 radical (unpaired) electrons. The summed E-state index contributed by atoms with van der Waals surface area (Å²) in [5.74, 6) is 0.709. The number of hydrogen-bond acceptors (Lipinski definition) is 2. The monoisotopic (exact) mass is 169 g/mol. The molecule has 12 heavy (non-hydrogen) atoms. The highest BCUT2D eigenvalue weighted by Crippen LogP contribution is 2.35. The van der Waals surface area contributed by atoms with E-state index in [2.05, 4.69) is 19.9 Å². The lowest BCUT2D eigenvalue weighted by Gasteiger charge is -2.19. The average Bonchev–Trinajstić information content (AvgIpc) is 2.70. The third kappa shape index (κ3) is 2.61. The zero-order valence-electron chi connectivity index (χ0n) is 8.21. The van der Waals surface area contributed by atoms with Crippen LogP contribution in [-0.2, 0) is 4.74 Å². The van der Waals surface area contributed by atoms with Crippen LogP contribution in [0.5, 0.6) is 0 Å². The minimum Gasteiger partial charge on any atom is -0.379 e. The van der Waals surface area contributed by atoms with E-state index >= 15 is 0 Å². The molecule has 0 spiro atoms. The first-order valence-electron chi connectivity index (χ1n) is 4.58. The molecule has 2 atom stereocenters. The molecule has 2 heteroatoms. The third-order valence-corrected chi connectivity index (χ3v) is 2.26. The van der Waals surface area contributed by atoms with Crippen molar-refractivity contribution in [2.75, 3.05) is 7.11 Å². The molecule has 0 aromatic rings. The summed E-state index contributed by atoms with van der Waals surface area (Å²) in [5.41, 5.74) is 7.24. The Morgan fingerprint density at radius 2 is 2.08 bits per heavy atom. The van der Waals surface area contributed by atoms with E-state index in [1.165, 1.54) is 18.4 Å². The van der Waals surface area contributed by atoms with Crippen LogP contribution in [0, 0.1) is 5.92 Å². The first-order valence-corrected chi connectivity index (χ1v) is 4.58. The topological polar surface area (TPSA) is 35.2 Å². The largest absolute Gasteiger partial charge is 0.379 e. The summed E-state index contributed by atoms with van der Waals surface area (Å²) in [7, 11) is 1.75. The number of methoxy groups -OCH3 is 1. The molecule has 1 rings (SSSR count). The van der Waals surface area contributed by atoms with Gasteiger partial charge in [-0.3, -0.25) is 0 Å². The van der Waals surface area contributed by atoms with Crippen LogP contribution in [0.3, 0.4) is 0 Å². The fourth-order valence-corrected chi connectivity index (χ4v) is 1.57. The van der Waals surface area contributed by atoms with Crippen LogP contribution in [-0.4, -0.2) is 19.3 Å². The van der Waals surface area contributed by atoms with Crippen LogP contribution in [0.1, 0.15) is 26.7 Å². The zero-order valence-corrected chi connectivity index (χ0v) is 8.21. The van der Waals surface area contributed by atoms with Crippen molar-refractivity contribution in [2.24, 2.45) is 11.7 Å². The summed E-state index contributed by atoms with van der Waals surface area (Å²) in [6, 6.07) is 0.0764. The molecular formula is C10H19NO. The molecule has 0 amide bonds. The van der Waals surface area contributed by atoms with Gasteiger partial charge in [0.05, 0.1) is 6.10 Å². The number of rotatable bonds is 4. The first-order chi connectivity index (χ1) is 5.65. The van der Waals surface area contributed by atoms with Crippen molar-refractivity contribution in [1.82, 2.24) is 0 Å². The van der Waals surface area contributed by atoms with E-state index in [0.717, 1.165) is 0 Å². The van der Waals surface area contributed by atoms with Crippen LogP contribution < -0.4 is 5.73 Å². The summed E-state index contributed by atoms with van der Waals surface area (Å²) in [6.45, 7) is 4.14. The molecule has 2 N–H and O–H groups in total. The second-order valence-corrected chi connectivity index (χ2v) is 3.86. The maximum atomic E-state index is 5.97. The van der Waals surface area contributed by atoms with Crippen LogP contribution in [0.4, 0.5) is 0 Å². The van der Waals surface area contributed by atoms with Gasteiger partial charge in [0.1, 0.15) is 0 Å². The van der Waals surface area contributed by atoms with Gasteiger partial charge in [-0.2, -0.15) is 0 Å². The molecule has 1 saturated carbocycles. The molecule has 0 aliphatic heterocycles. The molecule has 0 heterocycles. The lowest BCUT2D eigenvalue weighted by molar-refractivity contribution is 0.0742. The van der Waals surface area contributed by atoms with E-state index < -0.39 is 0 Å². The SMILES string of the molecule is COC(C(N)C=C(C)C)C1CC1. The number of ether oxygens (including phenoxy) is 1. The molecular weight excluding hydrogens is 150 g/mol. The van der Waals surface area contributed by atoms with Crippen LogP contribution in [0.15, 0.2) is 11.6 Å². The van der Waals surface area contributed by atoms with Gasteiger partial charge in [-0.15, -0.1) is 0 Å². The number of allylic oxidation sites excluding steroid dienone is 1. The Morgan fingerprint density at radius 1 is 1.50 bits per heavy atom. The first kappa shape index (κ1) is 9.75. The second kappa shape index (κ2) is 4.06. The molecule has 0 saturated heterocycles. The summed E-state index contributed by atoms with van der Waals surface area (Å²) in [5, 5.41) is 0. The highest BCUT2D eigenvalue weighted by atomic mass is 16.5. The van der Waals surface area contributed by atoms with Crippen LogP contribution in [0.25, 0.3) is 0 Å². The summed E-state index contributed by atoms with van der Waals surface area (Å²) in [6.07, 6.45) is 4.89. The fraction of sp³-hybridized carbons (Fsp3) is 0.800. The Bertz CT molecular complexity index is 169. The minimum absolute atomic E-state index is 0.0764. The fourth-order valence-electron chi connectivity index (χ4n) is 1.57. The van der Waals surface area contributed by atoms with Gasteiger partial charge in [0, 0.05) is 13.2 Å². The van der Waals surface area contributed by atoms with Crippen molar-refractivity contribution in [3.05, 3.63) is 11.6 Å². The van der Waals surface area contributed by atoms with Crippen molar-refractivity contribution in [3.8, 4) is 0 Å². The number of nitrogens with two attached hydrogens (primary N) is 1. The Morgan fingerprint density at radius 3 is 2.42 bits per heavy atom. The zero-order chi connectivity index (χ0) is 9.14. The maximum Gasteiger partial charge on any atom is 0.0786 e. The smallest absolute Gasteiger partial charge is 0.0786 e. The summed E-state index contributed by atoms with van der Waals surface area (Å²) in [4.78, 5) is 0. The van der Waals surface area contributed by atoms with E-state index in [9.17, 15) is 0 Å². The average molecular weight is 169 g/mol. The van der Waals surface area contributed by atoms with E-state index in [0.29, 0.717) is 5.92 Å². The lowest BCUT2D eigenvalue weighted by Crippen LogP contribution is -2.36. The third-order valence-electron chi connectivity index (χ3n) is 2.26. The van der Waals surface area contributed by atoms with Gasteiger partial charge in [-0.05, 0) is 32.6 Å². The molecule has 1 aliphatic carbocycles. The van der Waals surface area contributed by atoms with Crippen LogP contribution in [0.2, 0.25) is 0 Å². The molecule has 0 aromatic carbocycles. The van der Waals surface area contributed by atoms with E-state index in [-0.39, 0.29) is 12.1 Å². The van der Waals surface area contributed by atoms with Crippen molar-refractivity contribution in [3.63, 3.8) is 0 Å².